The van der Waals surface area contributed by atoms with Gasteiger partial charge in [0.1, 0.15) is 6.04 Å². The number of sulfonamides is 1. The molecule has 0 fully saturated rings. The molecule has 3 N–H and O–H groups in total. The van der Waals surface area contributed by atoms with Crippen molar-refractivity contribution in [2.75, 3.05) is 0 Å². The Labute approximate surface area is 140 Å². The highest BCUT2D eigenvalue weighted by molar-refractivity contribution is 7.89. The molecule has 1 amide bonds. The zero-order chi connectivity index (χ0) is 17.6. The standard InChI is InChI=1S/C14H19ClN2O5S/c1-3-4-12(14(19)20)16-13(18)9(2)17-23(21,22)11-7-5-10(15)6-8-11/h5-9,12,17H,3-4H2,1-2H3,(H,16,18)(H,19,20). The molecule has 1 rings (SSSR count). The van der Waals surface area contributed by atoms with Crippen LogP contribution in [0.25, 0.3) is 0 Å². The lowest BCUT2D eigenvalue weighted by atomic mass is 10.1. The second-order valence-corrected chi connectivity index (χ2v) is 7.14. The lowest BCUT2D eigenvalue weighted by Crippen LogP contribution is -2.50. The first-order chi connectivity index (χ1) is 10.7. The molecule has 0 aliphatic rings. The summed E-state index contributed by atoms with van der Waals surface area (Å²) in [7, 11) is -3.91. The van der Waals surface area contributed by atoms with Gasteiger partial charge in [-0.1, -0.05) is 24.9 Å². The van der Waals surface area contributed by atoms with E-state index in [0.717, 1.165) is 0 Å². The van der Waals surface area contributed by atoms with E-state index in [4.69, 9.17) is 16.7 Å². The Morgan fingerprint density at radius 3 is 2.30 bits per heavy atom. The van der Waals surface area contributed by atoms with Crippen LogP contribution < -0.4 is 10.0 Å². The third-order valence-electron chi connectivity index (χ3n) is 3.04. The summed E-state index contributed by atoms with van der Waals surface area (Å²) in [4.78, 5) is 23.0. The van der Waals surface area contributed by atoms with Crippen LogP contribution in [0.3, 0.4) is 0 Å². The van der Waals surface area contributed by atoms with Gasteiger partial charge in [0, 0.05) is 5.02 Å². The molecule has 0 aromatic heterocycles. The topological polar surface area (TPSA) is 113 Å². The number of amides is 1. The first kappa shape index (κ1) is 19.4. The first-order valence-electron chi connectivity index (χ1n) is 6.98. The van der Waals surface area contributed by atoms with E-state index >= 15 is 0 Å². The van der Waals surface area contributed by atoms with Crippen LogP contribution in [0.4, 0.5) is 0 Å². The second-order valence-electron chi connectivity index (χ2n) is 4.98. The second kappa shape index (κ2) is 8.28. The third-order valence-corrected chi connectivity index (χ3v) is 4.85. The van der Waals surface area contributed by atoms with E-state index in [2.05, 4.69) is 10.0 Å². The fourth-order valence-corrected chi connectivity index (χ4v) is 3.14. The van der Waals surface area contributed by atoms with Crippen LogP contribution in [0, 0.1) is 0 Å². The van der Waals surface area contributed by atoms with Crippen LogP contribution in [0.5, 0.6) is 0 Å². The predicted molar refractivity (Wildman–Crippen MR) is 85.7 cm³/mol. The van der Waals surface area contributed by atoms with E-state index in [1.165, 1.54) is 31.2 Å². The Balaban J connectivity index is 2.77. The van der Waals surface area contributed by atoms with Crippen molar-refractivity contribution in [2.24, 2.45) is 0 Å². The molecular formula is C14H19ClN2O5S. The molecule has 128 valence electrons. The number of hydrogen-bond acceptors (Lipinski definition) is 4. The van der Waals surface area contributed by atoms with Crippen LogP contribution in [0.2, 0.25) is 5.02 Å². The third kappa shape index (κ3) is 5.81. The Morgan fingerprint density at radius 2 is 1.83 bits per heavy atom. The zero-order valence-electron chi connectivity index (χ0n) is 12.7. The molecule has 2 atom stereocenters. The van der Waals surface area contributed by atoms with Gasteiger partial charge in [-0.15, -0.1) is 0 Å². The van der Waals surface area contributed by atoms with Crippen molar-refractivity contribution in [2.45, 2.75) is 43.7 Å². The molecule has 0 bridgehead atoms. The monoisotopic (exact) mass is 362 g/mol. The van der Waals surface area contributed by atoms with E-state index in [1.54, 1.807) is 6.92 Å². The number of benzene rings is 1. The summed E-state index contributed by atoms with van der Waals surface area (Å²) < 4.78 is 26.5. The number of aliphatic carboxylic acids is 1. The van der Waals surface area contributed by atoms with E-state index < -0.39 is 34.0 Å². The molecule has 0 radical (unpaired) electrons. The molecule has 2 unspecified atom stereocenters. The highest BCUT2D eigenvalue weighted by Crippen LogP contribution is 2.14. The lowest BCUT2D eigenvalue weighted by Gasteiger charge is -2.18. The number of nitrogens with one attached hydrogen (secondary N) is 2. The fraction of sp³-hybridized carbons (Fsp3) is 0.429. The Morgan fingerprint density at radius 1 is 1.26 bits per heavy atom. The van der Waals surface area contributed by atoms with Gasteiger partial charge in [0.2, 0.25) is 15.9 Å². The number of carboxylic acid groups (broad SMARTS) is 1. The van der Waals surface area contributed by atoms with Crippen LogP contribution in [0.15, 0.2) is 29.2 Å². The maximum absolute atomic E-state index is 12.2. The number of hydrogen-bond donors (Lipinski definition) is 3. The van der Waals surface area contributed by atoms with E-state index in [9.17, 15) is 18.0 Å². The summed E-state index contributed by atoms with van der Waals surface area (Å²) in [5.74, 6) is -1.86. The van der Waals surface area contributed by atoms with Crippen molar-refractivity contribution in [1.82, 2.24) is 10.0 Å². The van der Waals surface area contributed by atoms with Crippen molar-refractivity contribution in [3.05, 3.63) is 29.3 Å². The molecular weight excluding hydrogens is 344 g/mol. The Kier molecular flexibility index (Phi) is 6.99. The van der Waals surface area contributed by atoms with Gasteiger partial charge in [0.25, 0.3) is 0 Å². The minimum Gasteiger partial charge on any atom is -0.480 e. The maximum atomic E-state index is 12.2. The Bertz CT molecular complexity index is 660. The molecule has 7 nitrogen and oxygen atoms in total. The summed E-state index contributed by atoms with van der Waals surface area (Å²) >= 11 is 5.70. The van der Waals surface area contributed by atoms with Crippen LogP contribution in [-0.4, -0.2) is 37.5 Å². The molecule has 0 saturated heterocycles. The average molecular weight is 363 g/mol. The largest absolute Gasteiger partial charge is 0.480 e. The summed E-state index contributed by atoms with van der Waals surface area (Å²) in [5.41, 5.74) is 0. The quantitative estimate of drug-likeness (QED) is 0.646. The molecule has 1 aromatic rings. The number of carbonyl (C=O) groups excluding carboxylic acids is 1. The maximum Gasteiger partial charge on any atom is 0.326 e. The van der Waals surface area contributed by atoms with Gasteiger partial charge in [-0.05, 0) is 37.6 Å². The fourth-order valence-electron chi connectivity index (χ4n) is 1.81. The minimum absolute atomic E-state index is 0.0371. The summed E-state index contributed by atoms with van der Waals surface area (Å²) in [5, 5.41) is 11.7. The van der Waals surface area contributed by atoms with Crippen molar-refractivity contribution in [3.8, 4) is 0 Å². The summed E-state index contributed by atoms with van der Waals surface area (Å²) in [6.07, 6.45) is 0.833. The van der Waals surface area contributed by atoms with Gasteiger partial charge >= 0.3 is 5.97 Å². The van der Waals surface area contributed by atoms with Gasteiger partial charge in [-0.3, -0.25) is 4.79 Å². The van der Waals surface area contributed by atoms with E-state index in [1.807, 2.05) is 0 Å². The normalized spacial score (nSPS) is 14.0. The minimum atomic E-state index is -3.91. The predicted octanol–water partition coefficient (Wildman–Crippen LogP) is 1.38. The van der Waals surface area contributed by atoms with Gasteiger partial charge in [-0.2, -0.15) is 4.72 Å². The van der Waals surface area contributed by atoms with Crippen LogP contribution in [-0.2, 0) is 19.6 Å². The Hall–Kier alpha value is -1.64. The van der Waals surface area contributed by atoms with Crippen LogP contribution in [0.1, 0.15) is 26.7 Å². The number of halogens is 1. The van der Waals surface area contributed by atoms with Crippen molar-refractivity contribution < 1.29 is 23.1 Å². The summed E-state index contributed by atoms with van der Waals surface area (Å²) in [6, 6.07) is 3.30. The first-order valence-corrected chi connectivity index (χ1v) is 8.84. The molecule has 0 aliphatic carbocycles. The van der Waals surface area contributed by atoms with Crippen LogP contribution >= 0.6 is 11.6 Å². The molecule has 0 heterocycles. The average Bonchev–Trinajstić information content (AvgIpc) is 2.46. The van der Waals surface area contributed by atoms with Crippen molar-refractivity contribution in [3.63, 3.8) is 0 Å². The summed E-state index contributed by atoms with van der Waals surface area (Å²) in [6.45, 7) is 3.13. The number of rotatable bonds is 8. The molecule has 23 heavy (non-hydrogen) atoms. The highest BCUT2D eigenvalue weighted by Gasteiger charge is 2.25. The van der Waals surface area contributed by atoms with Crippen molar-refractivity contribution in [1.29, 1.82) is 0 Å². The molecule has 0 aliphatic heterocycles. The van der Waals surface area contributed by atoms with E-state index in [0.29, 0.717) is 11.4 Å². The van der Waals surface area contributed by atoms with Gasteiger partial charge < -0.3 is 10.4 Å². The van der Waals surface area contributed by atoms with Gasteiger partial charge in [-0.25, -0.2) is 13.2 Å². The highest BCUT2D eigenvalue weighted by atomic mass is 35.5. The molecule has 9 heteroatoms. The van der Waals surface area contributed by atoms with Gasteiger partial charge in [0.15, 0.2) is 0 Å². The molecule has 1 aromatic carbocycles. The zero-order valence-corrected chi connectivity index (χ0v) is 14.3. The lowest BCUT2D eigenvalue weighted by molar-refractivity contribution is -0.142. The smallest absolute Gasteiger partial charge is 0.326 e. The number of carboxylic acids is 1. The molecule has 0 spiro atoms. The number of carbonyl (C=O) groups is 2. The van der Waals surface area contributed by atoms with Gasteiger partial charge in [0.05, 0.1) is 10.9 Å². The van der Waals surface area contributed by atoms with Crippen molar-refractivity contribution >= 4 is 33.5 Å². The molecule has 0 saturated carbocycles. The SMILES string of the molecule is CCCC(NC(=O)C(C)NS(=O)(=O)c1ccc(Cl)cc1)C(=O)O. The van der Waals surface area contributed by atoms with E-state index in [-0.39, 0.29) is 11.3 Å².